The van der Waals surface area contributed by atoms with Crippen LogP contribution in [0.5, 0.6) is 5.75 Å². The zero-order valence-electron chi connectivity index (χ0n) is 12.8. The Bertz CT molecular complexity index is 658. The van der Waals surface area contributed by atoms with Gasteiger partial charge in [0.2, 0.25) is 5.95 Å². The summed E-state index contributed by atoms with van der Waals surface area (Å²) in [6, 6.07) is 9.15. The first-order chi connectivity index (χ1) is 10.6. The molecule has 1 amide bonds. The highest BCUT2D eigenvalue weighted by Crippen LogP contribution is 2.23. The van der Waals surface area contributed by atoms with Crippen molar-refractivity contribution in [2.24, 2.45) is 0 Å². The molecule has 116 valence electrons. The number of hydrogen-bond donors (Lipinski definition) is 2. The Morgan fingerprint density at radius 1 is 1.27 bits per heavy atom. The number of hydrogen-bond acceptors (Lipinski definition) is 5. The van der Waals surface area contributed by atoms with Crippen LogP contribution < -0.4 is 15.8 Å². The minimum absolute atomic E-state index is 0.0682. The number of rotatable bonds is 6. The maximum atomic E-state index is 11.9. The Morgan fingerprint density at radius 2 is 2.09 bits per heavy atom. The van der Waals surface area contributed by atoms with Gasteiger partial charge in [0.15, 0.2) is 0 Å². The highest BCUT2D eigenvalue weighted by molar-refractivity contribution is 5.93. The molecule has 0 aliphatic rings. The van der Waals surface area contributed by atoms with Gasteiger partial charge in [-0.15, -0.1) is 0 Å². The fraction of sp³-hybridized carbons (Fsp3) is 0.312. The van der Waals surface area contributed by atoms with Crippen LogP contribution in [-0.2, 0) is 0 Å². The van der Waals surface area contributed by atoms with Crippen molar-refractivity contribution >= 4 is 11.9 Å². The molecule has 1 heterocycles. The van der Waals surface area contributed by atoms with Crippen LogP contribution in [0.1, 0.15) is 30.8 Å². The minimum Gasteiger partial charge on any atom is -0.494 e. The number of aromatic nitrogens is 2. The predicted molar refractivity (Wildman–Crippen MR) is 85.7 cm³/mol. The molecule has 2 rings (SSSR count). The van der Waals surface area contributed by atoms with E-state index in [4.69, 9.17) is 10.5 Å². The molecule has 0 bridgehead atoms. The van der Waals surface area contributed by atoms with E-state index >= 15 is 0 Å². The third-order valence-electron chi connectivity index (χ3n) is 2.92. The first-order valence-corrected chi connectivity index (χ1v) is 7.30. The number of ether oxygens (including phenoxy) is 1. The van der Waals surface area contributed by atoms with Gasteiger partial charge >= 0.3 is 0 Å². The van der Waals surface area contributed by atoms with Crippen molar-refractivity contribution in [3.8, 4) is 17.0 Å². The number of nitrogens with zero attached hydrogens (tertiary/aromatic N) is 2. The van der Waals surface area contributed by atoms with E-state index in [9.17, 15) is 4.79 Å². The van der Waals surface area contributed by atoms with Crippen molar-refractivity contribution in [3.63, 3.8) is 0 Å². The third kappa shape index (κ3) is 3.94. The van der Waals surface area contributed by atoms with Gasteiger partial charge in [-0.05, 0) is 31.5 Å². The van der Waals surface area contributed by atoms with Gasteiger partial charge < -0.3 is 15.8 Å². The van der Waals surface area contributed by atoms with E-state index in [2.05, 4.69) is 15.3 Å². The summed E-state index contributed by atoms with van der Waals surface area (Å²) in [4.78, 5) is 20.1. The minimum atomic E-state index is -0.267. The topological polar surface area (TPSA) is 90.1 Å². The van der Waals surface area contributed by atoms with E-state index in [0.29, 0.717) is 18.8 Å². The molecule has 0 atom stereocenters. The molecule has 0 aliphatic carbocycles. The molecule has 0 aliphatic heterocycles. The van der Waals surface area contributed by atoms with Gasteiger partial charge in [-0.2, -0.15) is 0 Å². The summed E-state index contributed by atoms with van der Waals surface area (Å²) in [6.45, 7) is 5.07. The van der Waals surface area contributed by atoms with Crippen molar-refractivity contribution in [2.75, 3.05) is 18.9 Å². The third-order valence-corrected chi connectivity index (χ3v) is 2.92. The van der Waals surface area contributed by atoms with Crippen molar-refractivity contribution in [1.29, 1.82) is 0 Å². The summed E-state index contributed by atoms with van der Waals surface area (Å²) in [5.74, 6) is 0.561. The number of carbonyl (C=O) groups excluding carboxylic acids is 1. The van der Waals surface area contributed by atoms with Crippen LogP contribution in [0.25, 0.3) is 11.3 Å². The summed E-state index contributed by atoms with van der Waals surface area (Å²) < 4.78 is 5.61. The summed E-state index contributed by atoms with van der Waals surface area (Å²) in [5, 5.41) is 2.70. The van der Waals surface area contributed by atoms with Crippen LogP contribution >= 0.6 is 0 Å². The molecular weight excluding hydrogens is 280 g/mol. The van der Waals surface area contributed by atoms with Crippen molar-refractivity contribution in [1.82, 2.24) is 15.3 Å². The molecule has 22 heavy (non-hydrogen) atoms. The van der Waals surface area contributed by atoms with E-state index in [1.165, 1.54) is 0 Å². The highest BCUT2D eigenvalue weighted by Gasteiger charge is 2.11. The Morgan fingerprint density at radius 3 is 2.82 bits per heavy atom. The number of carbonyl (C=O) groups is 1. The fourth-order valence-corrected chi connectivity index (χ4v) is 1.95. The van der Waals surface area contributed by atoms with E-state index in [1.54, 1.807) is 6.07 Å². The molecule has 2 aromatic rings. The van der Waals surface area contributed by atoms with Crippen molar-refractivity contribution in [2.45, 2.75) is 20.3 Å². The zero-order valence-corrected chi connectivity index (χ0v) is 12.8. The van der Waals surface area contributed by atoms with Gasteiger partial charge in [0.05, 0.1) is 12.3 Å². The second kappa shape index (κ2) is 7.40. The van der Waals surface area contributed by atoms with E-state index in [0.717, 1.165) is 17.7 Å². The SMILES string of the molecule is CCCOc1cccc(-c2cc(C(=O)NCC)nc(N)n2)c1. The van der Waals surface area contributed by atoms with Gasteiger partial charge in [0, 0.05) is 12.1 Å². The van der Waals surface area contributed by atoms with Gasteiger partial charge in [-0.1, -0.05) is 19.1 Å². The molecule has 0 radical (unpaired) electrons. The molecule has 0 unspecified atom stereocenters. The largest absolute Gasteiger partial charge is 0.494 e. The van der Waals surface area contributed by atoms with Crippen LogP contribution in [0.4, 0.5) is 5.95 Å². The highest BCUT2D eigenvalue weighted by atomic mass is 16.5. The van der Waals surface area contributed by atoms with Crippen LogP contribution in [0.15, 0.2) is 30.3 Å². The Hall–Kier alpha value is -2.63. The lowest BCUT2D eigenvalue weighted by Crippen LogP contribution is -2.24. The Kier molecular flexibility index (Phi) is 5.30. The predicted octanol–water partition coefficient (Wildman–Crippen LogP) is 2.26. The summed E-state index contributed by atoms with van der Waals surface area (Å²) >= 11 is 0. The average molecular weight is 300 g/mol. The molecule has 0 fully saturated rings. The van der Waals surface area contributed by atoms with Crippen molar-refractivity contribution in [3.05, 3.63) is 36.0 Å². The molecule has 0 spiro atoms. The van der Waals surface area contributed by atoms with E-state index in [1.807, 2.05) is 38.1 Å². The number of nitrogen functional groups attached to an aromatic ring is 1. The smallest absolute Gasteiger partial charge is 0.270 e. The van der Waals surface area contributed by atoms with Gasteiger partial charge in [0.1, 0.15) is 11.4 Å². The molecule has 1 aromatic carbocycles. The van der Waals surface area contributed by atoms with Crippen LogP contribution in [0.2, 0.25) is 0 Å². The van der Waals surface area contributed by atoms with E-state index < -0.39 is 0 Å². The summed E-state index contributed by atoms with van der Waals surface area (Å²) in [7, 11) is 0. The van der Waals surface area contributed by atoms with Crippen LogP contribution in [0, 0.1) is 0 Å². The molecule has 6 heteroatoms. The normalized spacial score (nSPS) is 10.3. The number of nitrogens with two attached hydrogens (primary N) is 1. The maximum Gasteiger partial charge on any atom is 0.270 e. The second-order valence-corrected chi connectivity index (χ2v) is 4.73. The standard InChI is InChI=1S/C16H20N4O2/c1-3-8-22-12-7-5-6-11(9-12)13-10-14(15(21)18-4-2)20-16(17)19-13/h5-7,9-10H,3-4,8H2,1-2H3,(H,18,21)(H2,17,19,20). The molecule has 0 saturated carbocycles. The molecule has 6 nitrogen and oxygen atoms in total. The van der Waals surface area contributed by atoms with Crippen LogP contribution in [-0.4, -0.2) is 29.0 Å². The molecular formula is C16H20N4O2. The zero-order chi connectivity index (χ0) is 15.9. The number of benzene rings is 1. The van der Waals surface area contributed by atoms with Crippen molar-refractivity contribution < 1.29 is 9.53 Å². The Labute approximate surface area is 129 Å². The fourth-order valence-electron chi connectivity index (χ4n) is 1.95. The van der Waals surface area contributed by atoms with Crippen LogP contribution in [0.3, 0.4) is 0 Å². The van der Waals surface area contributed by atoms with E-state index in [-0.39, 0.29) is 17.5 Å². The summed E-state index contributed by atoms with van der Waals surface area (Å²) in [5.41, 5.74) is 7.39. The quantitative estimate of drug-likeness (QED) is 0.854. The van der Waals surface area contributed by atoms with Gasteiger partial charge in [-0.25, -0.2) is 9.97 Å². The molecule has 1 aromatic heterocycles. The number of nitrogens with one attached hydrogen (secondary N) is 1. The maximum absolute atomic E-state index is 11.9. The first kappa shape index (κ1) is 15.8. The number of amides is 1. The van der Waals surface area contributed by atoms with Gasteiger partial charge in [-0.3, -0.25) is 4.79 Å². The lowest BCUT2D eigenvalue weighted by molar-refractivity contribution is 0.0951. The number of anilines is 1. The lowest BCUT2D eigenvalue weighted by atomic mass is 10.1. The lowest BCUT2D eigenvalue weighted by Gasteiger charge is -2.08. The molecule has 3 N–H and O–H groups in total. The molecule has 0 saturated heterocycles. The monoisotopic (exact) mass is 300 g/mol. The Balaban J connectivity index is 2.33. The summed E-state index contributed by atoms with van der Waals surface area (Å²) in [6.07, 6.45) is 0.937. The first-order valence-electron chi connectivity index (χ1n) is 7.30. The van der Waals surface area contributed by atoms with Gasteiger partial charge in [0.25, 0.3) is 5.91 Å². The second-order valence-electron chi connectivity index (χ2n) is 4.73. The average Bonchev–Trinajstić information content (AvgIpc) is 2.53.